The number of hydrogen-bond donors (Lipinski definition) is 2. The highest BCUT2D eigenvalue weighted by molar-refractivity contribution is 6.10. The van der Waals surface area contributed by atoms with Crippen molar-refractivity contribution in [2.24, 2.45) is 0 Å². The molecule has 1 atom stereocenters. The summed E-state index contributed by atoms with van der Waals surface area (Å²) in [5.74, 6) is 0.705. The Hall–Kier alpha value is -1.61. The summed E-state index contributed by atoms with van der Waals surface area (Å²) in [5.41, 5.74) is 3.16. The van der Waals surface area contributed by atoms with Crippen LogP contribution in [0.1, 0.15) is 48.5 Å². The first-order chi connectivity index (χ1) is 9.16. The molecule has 3 heteroatoms. The fourth-order valence-corrected chi connectivity index (χ4v) is 2.80. The number of benzene rings is 1. The largest absolute Gasteiger partial charge is 0.360 e. The van der Waals surface area contributed by atoms with E-state index in [4.69, 9.17) is 0 Å². The van der Waals surface area contributed by atoms with E-state index in [2.05, 4.69) is 42.3 Å². The Balaban J connectivity index is 2.03. The fourth-order valence-electron chi connectivity index (χ4n) is 2.80. The van der Waals surface area contributed by atoms with Gasteiger partial charge in [-0.25, -0.2) is 0 Å². The molecule has 1 aliphatic heterocycles. The lowest BCUT2D eigenvalue weighted by atomic mass is 9.97. The number of ketones is 1. The number of fused-ring (bicyclic) bond motifs is 1. The predicted molar refractivity (Wildman–Crippen MR) is 77.7 cm³/mol. The van der Waals surface area contributed by atoms with Gasteiger partial charge in [-0.2, -0.15) is 0 Å². The van der Waals surface area contributed by atoms with E-state index in [1.54, 1.807) is 0 Å². The van der Waals surface area contributed by atoms with E-state index in [9.17, 15) is 4.79 Å². The Labute approximate surface area is 113 Å². The maximum absolute atomic E-state index is 12.5. The molecule has 1 aromatic carbocycles. The highest BCUT2D eigenvalue weighted by Crippen LogP contribution is 2.25. The van der Waals surface area contributed by atoms with E-state index in [1.165, 1.54) is 5.56 Å². The van der Waals surface area contributed by atoms with Crippen molar-refractivity contribution in [3.63, 3.8) is 0 Å². The number of aromatic amines is 1. The van der Waals surface area contributed by atoms with E-state index in [0.717, 1.165) is 35.9 Å². The van der Waals surface area contributed by atoms with E-state index in [0.29, 0.717) is 5.92 Å². The second kappa shape index (κ2) is 4.82. The zero-order chi connectivity index (χ0) is 13.4. The van der Waals surface area contributed by atoms with Crippen molar-refractivity contribution < 1.29 is 4.79 Å². The number of carbonyl (C=O) groups excluding carboxylic acids is 1. The molecular formula is C16H20N2O. The molecule has 1 saturated heterocycles. The van der Waals surface area contributed by atoms with Crippen molar-refractivity contribution in [3.05, 3.63) is 35.5 Å². The molecule has 2 aromatic rings. The number of carbonyl (C=O) groups is 1. The monoisotopic (exact) mass is 256 g/mol. The minimum atomic E-state index is 0.00158. The van der Waals surface area contributed by atoms with Gasteiger partial charge in [-0.1, -0.05) is 19.9 Å². The van der Waals surface area contributed by atoms with Crippen LogP contribution in [0.25, 0.3) is 10.9 Å². The van der Waals surface area contributed by atoms with Crippen LogP contribution in [0.3, 0.4) is 0 Å². The van der Waals surface area contributed by atoms with Crippen LogP contribution in [-0.2, 0) is 0 Å². The van der Waals surface area contributed by atoms with Crippen molar-refractivity contribution in [2.75, 3.05) is 6.54 Å². The van der Waals surface area contributed by atoms with Gasteiger partial charge in [0.1, 0.15) is 0 Å². The molecule has 1 aromatic heterocycles. The van der Waals surface area contributed by atoms with Crippen LogP contribution >= 0.6 is 0 Å². The number of Topliss-reactive ketones (excluding diaryl/α,β-unsaturated/α-hetero) is 1. The van der Waals surface area contributed by atoms with E-state index in [-0.39, 0.29) is 11.8 Å². The molecule has 2 N–H and O–H groups in total. The van der Waals surface area contributed by atoms with Gasteiger partial charge in [0.2, 0.25) is 0 Å². The Morgan fingerprint density at radius 3 is 2.89 bits per heavy atom. The Morgan fingerprint density at radius 2 is 2.21 bits per heavy atom. The molecule has 1 fully saturated rings. The van der Waals surface area contributed by atoms with Crippen LogP contribution in [0.5, 0.6) is 0 Å². The molecule has 3 nitrogen and oxygen atoms in total. The third kappa shape index (κ3) is 2.19. The number of nitrogens with one attached hydrogen (secondary N) is 2. The van der Waals surface area contributed by atoms with Gasteiger partial charge in [-0.15, -0.1) is 0 Å². The molecule has 0 bridgehead atoms. The molecule has 1 unspecified atom stereocenters. The number of hydrogen-bond acceptors (Lipinski definition) is 2. The second-order valence-electron chi connectivity index (χ2n) is 5.68. The first-order valence-electron chi connectivity index (χ1n) is 7.05. The molecule has 0 aliphatic carbocycles. The molecule has 0 spiro atoms. The smallest absolute Gasteiger partial charge is 0.181 e. The van der Waals surface area contributed by atoms with Crippen LogP contribution in [0.4, 0.5) is 0 Å². The molecule has 0 amide bonds. The summed E-state index contributed by atoms with van der Waals surface area (Å²) >= 11 is 0. The molecule has 0 saturated carbocycles. The van der Waals surface area contributed by atoms with E-state index in [1.807, 2.05) is 6.20 Å². The van der Waals surface area contributed by atoms with Crippen LogP contribution in [-0.4, -0.2) is 23.4 Å². The lowest BCUT2D eigenvalue weighted by Crippen LogP contribution is -2.30. The maximum atomic E-state index is 12.5. The normalized spacial score (nSPS) is 19.4. The highest BCUT2D eigenvalue weighted by Gasteiger charge is 2.25. The Kier molecular flexibility index (Phi) is 3.15. The molecule has 1 aliphatic rings. The lowest BCUT2D eigenvalue weighted by Gasteiger charge is -2.09. The van der Waals surface area contributed by atoms with Crippen molar-refractivity contribution >= 4 is 16.7 Å². The predicted octanol–water partition coefficient (Wildman–Crippen LogP) is 3.23. The molecule has 19 heavy (non-hydrogen) atoms. The van der Waals surface area contributed by atoms with Gasteiger partial charge in [0.25, 0.3) is 0 Å². The average Bonchev–Trinajstić information content (AvgIpc) is 3.06. The summed E-state index contributed by atoms with van der Waals surface area (Å²) in [5, 5.41) is 4.34. The third-order valence-corrected chi connectivity index (χ3v) is 4.01. The molecule has 2 heterocycles. The van der Waals surface area contributed by atoms with Gasteiger partial charge in [-0.05, 0) is 43.0 Å². The third-order valence-electron chi connectivity index (χ3n) is 4.01. The highest BCUT2D eigenvalue weighted by atomic mass is 16.1. The molecule has 3 rings (SSSR count). The van der Waals surface area contributed by atoms with Crippen molar-refractivity contribution in [2.45, 2.75) is 38.6 Å². The van der Waals surface area contributed by atoms with Crippen molar-refractivity contribution in [1.29, 1.82) is 0 Å². The molecule has 0 radical (unpaired) electrons. The summed E-state index contributed by atoms with van der Waals surface area (Å²) in [6.45, 7) is 5.30. The van der Waals surface area contributed by atoms with Gasteiger partial charge in [0.05, 0.1) is 6.04 Å². The molecular weight excluding hydrogens is 236 g/mol. The topological polar surface area (TPSA) is 44.9 Å². The van der Waals surface area contributed by atoms with Crippen LogP contribution in [0.15, 0.2) is 24.4 Å². The zero-order valence-corrected chi connectivity index (χ0v) is 11.5. The Morgan fingerprint density at radius 1 is 1.37 bits per heavy atom. The minimum absolute atomic E-state index is 0.00158. The standard InChI is InChI=1S/C16H20N2O/c1-10(2)11-5-6-14-12(8-11)13(9-18-14)16(19)15-4-3-7-17-15/h5-6,8-10,15,17-18H,3-4,7H2,1-2H3. The van der Waals surface area contributed by atoms with Crippen LogP contribution < -0.4 is 5.32 Å². The van der Waals surface area contributed by atoms with Crippen molar-refractivity contribution in [1.82, 2.24) is 10.3 Å². The first-order valence-corrected chi connectivity index (χ1v) is 7.05. The summed E-state index contributed by atoms with van der Waals surface area (Å²) in [7, 11) is 0. The number of rotatable bonds is 3. The summed E-state index contributed by atoms with van der Waals surface area (Å²) in [4.78, 5) is 15.7. The van der Waals surface area contributed by atoms with Gasteiger partial charge in [0.15, 0.2) is 5.78 Å². The summed E-state index contributed by atoms with van der Waals surface area (Å²) in [6, 6.07) is 6.36. The van der Waals surface area contributed by atoms with E-state index >= 15 is 0 Å². The minimum Gasteiger partial charge on any atom is -0.360 e. The lowest BCUT2D eigenvalue weighted by molar-refractivity contribution is 0.0954. The number of aromatic nitrogens is 1. The van der Waals surface area contributed by atoms with Crippen LogP contribution in [0, 0.1) is 0 Å². The molecule has 100 valence electrons. The first kappa shape index (κ1) is 12.4. The second-order valence-corrected chi connectivity index (χ2v) is 5.68. The van der Waals surface area contributed by atoms with Gasteiger partial charge < -0.3 is 10.3 Å². The Bertz CT molecular complexity index is 606. The number of H-pyrrole nitrogens is 1. The SMILES string of the molecule is CC(C)c1ccc2[nH]cc(C(=O)C3CCCN3)c2c1. The quantitative estimate of drug-likeness (QED) is 0.828. The van der Waals surface area contributed by atoms with Crippen LogP contribution in [0.2, 0.25) is 0 Å². The summed E-state index contributed by atoms with van der Waals surface area (Å²) in [6.07, 6.45) is 3.91. The van der Waals surface area contributed by atoms with Crippen molar-refractivity contribution in [3.8, 4) is 0 Å². The van der Waals surface area contributed by atoms with Gasteiger partial charge >= 0.3 is 0 Å². The van der Waals surface area contributed by atoms with Gasteiger partial charge in [0, 0.05) is 22.7 Å². The average molecular weight is 256 g/mol. The fraction of sp³-hybridized carbons (Fsp3) is 0.438. The summed E-state index contributed by atoms with van der Waals surface area (Å²) < 4.78 is 0. The van der Waals surface area contributed by atoms with E-state index < -0.39 is 0 Å². The maximum Gasteiger partial charge on any atom is 0.181 e. The van der Waals surface area contributed by atoms with Gasteiger partial charge in [-0.3, -0.25) is 4.79 Å². The zero-order valence-electron chi connectivity index (χ0n) is 11.5.